The molecule has 3 heterocycles. The van der Waals surface area contributed by atoms with Gasteiger partial charge in [-0.25, -0.2) is 15.0 Å². The molecule has 1 N–H and O–H groups in total. The van der Waals surface area contributed by atoms with Crippen LogP contribution in [0, 0.1) is 5.92 Å². The highest BCUT2D eigenvalue weighted by atomic mass is 16.1. The van der Waals surface area contributed by atoms with Crippen molar-refractivity contribution in [3.8, 4) is 0 Å². The van der Waals surface area contributed by atoms with E-state index in [1.165, 1.54) is 0 Å². The minimum Gasteiger partial charge on any atom is -0.356 e. The summed E-state index contributed by atoms with van der Waals surface area (Å²) in [5, 5.41) is 3.09. The van der Waals surface area contributed by atoms with Crippen LogP contribution >= 0.6 is 0 Å². The molecule has 1 amide bonds. The summed E-state index contributed by atoms with van der Waals surface area (Å²) < 4.78 is 2.03. The number of carbonyl (C=O) groups excluding carboxylic acids is 1. The van der Waals surface area contributed by atoms with E-state index in [2.05, 4.69) is 25.2 Å². The lowest BCUT2D eigenvalue weighted by molar-refractivity contribution is -0.121. The van der Waals surface area contributed by atoms with E-state index in [9.17, 15) is 4.79 Å². The van der Waals surface area contributed by atoms with Crippen LogP contribution in [0.1, 0.15) is 19.3 Å². The van der Waals surface area contributed by atoms with Crippen LogP contribution in [0.2, 0.25) is 0 Å². The standard InChI is InChI=1S/C20H24N6O/c27-19(8-12-26-15-24-17-6-1-2-7-18(17)26)23-13-16-5-3-11-25(14-16)20-21-9-4-10-22-20/h1-2,4,6-7,9-10,15-16H,3,5,8,11-14H2,(H,23,27)/t16-/m1/s1. The second kappa shape index (κ2) is 8.16. The maximum absolute atomic E-state index is 12.3. The van der Waals surface area contributed by atoms with Gasteiger partial charge in [-0.2, -0.15) is 0 Å². The molecule has 0 radical (unpaired) electrons. The van der Waals surface area contributed by atoms with Gasteiger partial charge < -0.3 is 14.8 Å². The lowest BCUT2D eigenvalue weighted by Crippen LogP contribution is -2.41. The molecular formula is C20H24N6O. The van der Waals surface area contributed by atoms with Crippen molar-refractivity contribution in [2.75, 3.05) is 24.5 Å². The number of amides is 1. The van der Waals surface area contributed by atoms with Crippen LogP contribution in [0.25, 0.3) is 11.0 Å². The molecule has 1 atom stereocenters. The van der Waals surface area contributed by atoms with Crippen molar-refractivity contribution < 1.29 is 4.79 Å². The first-order valence-electron chi connectivity index (χ1n) is 9.48. The maximum Gasteiger partial charge on any atom is 0.225 e. The smallest absolute Gasteiger partial charge is 0.225 e. The molecule has 0 spiro atoms. The SMILES string of the molecule is O=C(CCn1cnc2ccccc21)NC[C@H]1CCCN(c2ncccn2)C1. The fraction of sp³-hybridized carbons (Fsp3) is 0.400. The molecule has 2 aromatic heterocycles. The highest BCUT2D eigenvalue weighted by Crippen LogP contribution is 2.19. The van der Waals surface area contributed by atoms with Gasteiger partial charge in [0.2, 0.25) is 11.9 Å². The Morgan fingerprint density at radius 1 is 1.15 bits per heavy atom. The lowest BCUT2D eigenvalue weighted by atomic mass is 9.98. The normalized spacial score (nSPS) is 17.2. The van der Waals surface area contributed by atoms with E-state index in [0.29, 0.717) is 25.4 Å². The third kappa shape index (κ3) is 4.24. The zero-order valence-corrected chi connectivity index (χ0v) is 15.3. The van der Waals surface area contributed by atoms with Crippen LogP contribution in [-0.2, 0) is 11.3 Å². The minimum atomic E-state index is 0.0841. The Morgan fingerprint density at radius 3 is 2.89 bits per heavy atom. The highest BCUT2D eigenvalue weighted by Gasteiger charge is 2.22. The molecule has 27 heavy (non-hydrogen) atoms. The molecule has 1 saturated heterocycles. The third-order valence-electron chi connectivity index (χ3n) is 5.05. The zero-order chi connectivity index (χ0) is 18.5. The van der Waals surface area contributed by atoms with Crippen molar-refractivity contribution in [3.63, 3.8) is 0 Å². The summed E-state index contributed by atoms with van der Waals surface area (Å²) in [6, 6.07) is 9.81. The first-order chi connectivity index (χ1) is 13.3. The van der Waals surface area contributed by atoms with Gasteiger partial charge in [-0.05, 0) is 37.0 Å². The average Bonchev–Trinajstić information content (AvgIpc) is 3.15. The number of hydrogen-bond acceptors (Lipinski definition) is 5. The molecular weight excluding hydrogens is 340 g/mol. The molecule has 1 aliphatic heterocycles. The Hall–Kier alpha value is -2.96. The predicted molar refractivity (Wildman–Crippen MR) is 104 cm³/mol. The number of aromatic nitrogens is 4. The zero-order valence-electron chi connectivity index (χ0n) is 15.3. The Kier molecular flexibility index (Phi) is 5.27. The van der Waals surface area contributed by atoms with Crippen LogP contribution < -0.4 is 10.2 Å². The number of imidazole rings is 1. The van der Waals surface area contributed by atoms with Gasteiger partial charge in [0.25, 0.3) is 0 Å². The summed E-state index contributed by atoms with van der Waals surface area (Å²) >= 11 is 0. The van der Waals surface area contributed by atoms with Crippen LogP contribution in [0.3, 0.4) is 0 Å². The monoisotopic (exact) mass is 364 g/mol. The number of hydrogen-bond donors (Lipinski definition) is 1. The van der Waals surface area contributed by atoms with Crippen molar-refractivity contribution in [2.24, 2.45) is 5.92 Å². The molecule has 0 unspecified atom stereocenters. The molecule has 140 valence electrons. The number of nitrogens with zero attached hydrogens (tertiary/aromatic N) is 5. The average molecular weight is 364 g/mol. The van der Waals surface area contributed by atoms with Crippen LogP contribution in [0.4, 0.5) is 5.95 Å². The summed E-state index contributed by atoms with van der Waals surface area (Å²) in [7, 11) is 0. The summed E-state index contributed by atoms with van der Waals surface area (Å²) in [5.41, 5.74) is 2.03. The molecule has 1 fully saturated rings. The van der Waals surface area contributed by atoms with Crippen LogP contribution in [0.15, 0.2) is 49.1 Å². The van der Waals surface area contributed by atoms with Crippen molar-refractivity contribution in [1.29, 1.82) is 0 Å². The largest absolute Gasteiger partial charge is 0.356 e. The molecule has 0 saturated carbocycles. The van der Waals surface area contributed by atoms with Crippen molar-refractivity contribution in [2.45, 2.75) is 25.8 Å². The van der Waals surface area contributed by atoms with Gasteiger partial charge in [0, 0.05) is 45.0 Å². The van der Waals surface area contributed by atoms with Crippen LogP contribution in [-0.4, -0.2) is 45.1 Å². The summed E-state index contributed by atoms with van der Waals surface area (Å²) in [6.07, 6.45) is 8.02. The molecule has 7 heteroatoms. The maximum atomic E-state index is 12.3. The topological polar surface area (TPSA) is 75.9 Å². The van der Waals surface area contributed by atoms with E-state index in [4.69, 9.17) is 0 Å². The molecule has 0 aliphatic carbocycles. The van der Waals surface area contributed by atoms with Gasteiger partial charge in [-0.15, -0.1) is 0 Å². The number of piperidine rings is 1. The van der Waals surface area contributed by atoms with Crippen LogP contribution in [0.5, 0.6) is 0 Å². The number of nitrogens with one attached hydrogen (secondary N) is 1. The molecule has 3 aromatic rings. The first kappa shape index (κ1) is 17.5. The second-order valence-electron chi connectivity index (χ2n) is 6.98. The Balaban J connectivity index is 1.25. The van der Waals surface area contributed by atoms with Crippen molar-refractivity contribution >= 4 is 22.9 Å². The van der Waals surface area contributed by atoms with E-state index >= 15 is 0 Å². The first-order valence-corrected chi connectivity index (χ1v) is 9.48. The Morgan fingerprint density at radius 2 is 2.00 bits per heavy atom. The molecule has 7 nitrogen and oxygen atoms in total. The van der Waals surface area contributed by atoms with Gasteiger partial charge in [0.05, 0.1) is 17.4 Å². The number of anilines is 1. The quantitative estimate of drug-likeness (QED) is 0.726. The summed E-state index contributed by atoms with van der Waals surface area (Å²) in [6.45, 7) is 3.20. The number of rotatable bonds is 6. The Labute approximate surface area is 158 Å². The van der Waals surface area contributed by atoms with Gasteiger partial charge >= 0.3 is 0 Å². The number of para-hydroxylation sites is 2. The molecule has 1 aliphatic rings. The van der Waals surface area contributed by atoms with Gasteiger partial charge in [0.1, 0.15) is 0 Å². The van der Waals surface area contributed by atoms with E-state index in [-0.39, 0.29) is 5.91 Å². The second-order valence-corrected chi connectivity index (χ2v) is 6.98. The number of fused-ring (bicyclic) bond motifs is 1. The predicted octanol–water partition coefficient (Wildman–Crippen LogP) is 2.25. The van der Waals surface area contributed by atoms with E-state index in [0.717, 1.165) is 42.9 Å². The van der Waals surface area contributed by atoms with Crippen molar-refractivity contribution in [1.82, 2.24) is 24.8 Å². The van der Waals surface area contributed by atoms with Gasteiger partial charge in [-0.1, -0.05) is 12.1 Å². The lowest BCUT2D eigenvalue weighted by Gasteiger charge is -2.32. The summed E-state index contributed by atoms with van der Waals surface area (Å²) in [5.74, 6) is 1.29. The summed E-state index contributed by atoms with van der Waals surface area (Å²) in [4.78, 5) is 27.5. The third-order valence-corrected chi connectivity index (χ3v) is 5.05. The molecule has 0 bridgehead atoms. The van der Waals surface area contributed by atoms with Crippen molar-refractivity contribution in [3.05, 3.63) is 49.1 Å². The number of benzene rings is 1. The highest BCUT2D eigenvalue weighted by molar-refractivity contribution is 5.77. The number of aryl methyl sites for hydroxylation is 1. The van der Waals surface area contributed by atoms with E-state index in [1.54, 1.807) is 18.7 Å². The van der Waals surface area contributed by atoms with E-state index in [1.807, 2.05) is 34.9 Å². The fourth-order valence-corrected chi connectivity index (χ4v) is 3.62. The minimum absolute atomic E-state index is 0.0841. The van der Waals surface area contributed by atoms with E-state index < -0.39 is 0 Å². The molecule has 4 rings (SSSR count). The molecule has 1 aromatic carbocycles. The van der Waals surface area contributed by atoms with Gasteiger partial charge in [0.15, 0.2) is 0 Å². The fourth-order valence-electron chi connectivity index (χ4n) is 3.62. The number of carbonyl (C=O) groups is 1. The van der Waals surface area contributed by atoms with Gasteiger partial charge in [-0.3, -0.25) is 4.79 Å². The Bertz CT molecular complexity index is 894.